The van der Waals surface area contributed by atoms with Crippen LogP contribution in [0.5, 0.6) is 0 Å². The highest BCUT2D eigenvalue weighted by Gasteiger charge is 2.11. The lowest BCUT2D eigenvalue weighted by molar-refractivity contribution is 0.669. The highest BCUT2D eigenvalue weighted by molar-refractivity contribution is 7.25. The second kappa shape index (κ2) is 11.7. The third-order valence-electron chi connectivity index (χ3n) is 9.87. The summed E-state index contributed by atoms with van der Waals surface area (Å²) < 4.78 is 8.75. The third kappa shape index (κ3) is 5.01. The van der Waals surface area contributed by atoms with Gasteiger partial charge in [0.15, 0.2) is 0 Å². The van der Waals surface area contributed by atoms with Crippen LogP contribution in [-0.2, 0) is 0 Å². The number of furan rings is 1. The Morgan fingerprint density at radius 1 is 0.260 bits per heavy atom. The van der Waals surface area contributed by atoms with E-state index in [1.807, 2.05) is 23.5 Å². The summed E-state index contributed by atoms with van der Waals surface area (Å²) in [5.41, 5.74) is 13.9. The lowest BCUT2D eigenvalue weighted by Crippen LogP contribution is -1.85. The van der Waals surface area contributed by atoms with Crippen molar-refractivity contribution < 1.29 is 4.42 Å². The van der Waals surface area contributed by atoms with Crippen LogP contribution in [0.25, 0.3) is 97.7 Å². The second-order valence-corrected chi connectivity index (χ2v) is 14.0. The molecular formula is C48H30OS. The Bertz CT molecular complexity index is 2690. The van der Waals surface area contributed by atoms with Gasteiger partial charge in [-0.25, -0.2) is 0 Å². The van der Waals surface area contributed by atoms with Crippen LogP contribution in [0.4, 0.5) is 0 Å². The lowest BCUT2D eigenvalue weighted by atomic mass is 9.94. The second-order valence-electron chi connectivity index (χ2n) is 12.9. The van der Waals surface area contributed by atoms with E-state index in [1.165, 1.54) is 75.8 Å². The molecule has 0 saturated heterocycles. The molecule has 0 spiro atoms. The summed E-state index contributed by atoms with van der Waals surface area (Å²) in [4.78, 5) is 0. The fourth-order valence-electron chi connectivity index (χ4n) is 7.32. The van der Waals surface area contributed by atoms with E-state index in [2.05, 4.69) is 170 Å². The molecule has 2 heteroatoms. The summed E-state index contributed by atoms with van der Waals surface area (Å²) >= 11 is 1.86. The zero-order valence-electron chi connectivity index (χ0n) is 27.1. The van der Waals surface area contributed by atoms with E-state index >= 15 is 0 Å². The van der Waals surface area contributed by atoms with Gasteiger partial charge in [0, 0.05) is 30.9 Å². The Hall–Kier alpha value is -6.22. The van der Waals surface area contributed by atoms with Crippen LogP contribution < -0.4 is 0 Å². The third-order valence-corrected chi connectivity index (χ3v) is 11.0. The van der Waals surface area contributed by atoms with Crippen molar-refractivity contribution in [1.29, 1.82) is 0 Å². The molecule has 0 fully saturated rings. The van der Waals surface area contributed by atoms with Crippen LogP contribution in [0.2, 0.25) is 0 Å². The molecule has 0 radical (unpaired) electrons. The number of para-hydroxylation sites is 1. The largest absolute Gasteiger partial charge is 0.456 e. The molecule has 0 saturated carbocycles. The Balaban J connectivity index is 0.968. The van der Waals surface area contributed by atoms with Gasteiger partial charge in [-0.2, -0.15) is 0 Å². The molecule has 10 rings (SSSR count). The average molecular weight is 655 g/mol. The fourth-order valence-corrected chi connectivity index (χ4v) is 8.41. The van der Waals surface area contributed by atoms with Crippen LogP contribution in [0, 0.1) is 0 Å². The first-order valence-electron chi connectivity index (χ1n) is 17.0. The van der Waals surface area contributed by atoms with E-state index < -0.39 is 0 Å². The summed E-state index contributed by atoms with van der Waals surface area (Å²) in [6.45, 7) is 0. The highest BCUT2D eigenvalue weighted by Crippen LogP contribution is 2.38. The maximum absolute atomic E-state index is 6.08. The van der Waals surface area contributed by atoms with Gasteiger partial charge in [0.25, 0.3) is 0 Å². The van der Waals surface area contributed by atoms with Gasteiger partial charge in [-0.05, 0) is 116 Å². The Morgan fingerprint density at radius 2 is 0.660 bits per heavy atom. The van der Waals surface area contributed by atoms with E-state index in [1.54, 1.807) is 0 Å². The van der Waals surface area contributed by atoms with Crippen LogP contribution >= 0.6 is 11.3 Å². The van der Waals surface area contributed by atoms with Crippen molar-refractivity contribution in [3.05, 3.63) is 182 Å². The quantitative estimate of drug-likeness (QED) is 0.180. The van der Waals surface area contributed by atoms with Gasteiger partial charge in [0.1, 0.15) is 11.2 Å². The molecule has 2 aromatic heterocycles. The number of hydrogen-bond donors (Lipinski definition) is 0. The molecule has 0 unspecified atom stereocenters. The Labute approximate surface area is 294 Å². The summed E-state index contributed by atoms with van der Waals surface area (Å²) in [6, 6.07) is 65.9. The Kier molecular flexibility index (Phi) is 6.75. The molecule has 1 nitrogen and oxygen atoms in total. The van der Waals surface area contributed by atoms with Crippen molar-refractivity contribution in [1.82, 2.24) is 0 Å². The molecule has 0 aliphatic carbocycles. The minimum atomic E-state index is 0.918. The number of rotatable bonds is 5. The molecule has 8 aromatic carbocycles. The van der Waals surface area contributed by atoms with E-state index in [9.17, 15) is 0 Å². The first-order chi connectivity index (χ1) is 24.7. The normalized spacial score (nSPS) is 11.6. The van der Waals surface area contributed by atoms with E-state index in [0.29, 0.717) is 0 Å². The topological polar surface area (TPSA) is 13.1 Å². The number of thiophene rings is 1. The zero-order chi connectivity index (χ0) is 33.0. The van der Waals surface area contributed by atoms with Crippen LogP contribution in [0.1, 0.15) is 0 Å². The molecule has 0 amide bonds. The molecule has 0 N–H and O–H groups in total. The van der Waals surface area contributed by atoms with Gasteiger partial charge < -0.3 is 4.42 Å². The lowest BCUT2D eigenvalue weighted by Gasteiger charge is -2.11. The van der Waals surface area contributed by atoms with Gasteiger partial charge in [-0.15, -0.1) is 11.3 Å². The smallest absolute Gasteiger partial charge is 0.135 e. The maximum Gasteiger partial charge on any atom is 0.135 e. The summed E-state index contributed by atoms with van der Waals surface area (Å²) in [5.74, 6) is 0. The molecule has 0 bridgehead atoms. The van der Waals surface area contributed by atoms with Crippen molar-refractivity contribution in [3.8, 4) is 55.6 Å². The molecule has 50 heavy (non-hydrogen) atoms. The molecular weight excluding hydrogens is 625 g/mol. The van der Waals surface area contributed by atoms with Crippen LogP contribution in [-0.4, -0.2) is 0 Å². The minimum Gasteiger partial charge on any atom is -0.456 e. The fraction of sp³-hybridized carbons (Fsp3) is 0. The van der Waals surface area contributed by atoms with Gasteiger partial charge in [0.2, 0.25) is 0 Å². The summed E-state index contributed by atoms with van der Waals surface area (Å²) in [7, 11) is 0. The standard InChI is InChI=1S/C48H30OS/c1-3-19-45-41(17-1)43-29-39(21-23-46(43)49-45)37-15-7-13-35(27-37)33-11-5-9-31(25-33)32-10-6-12-34(26-32)36-14-8-16-38(28-36)40-22-24-48-44(30-40)42-18-2-4-20-47(42)50-48/h1-30H. The van der Waals surface area contributed by atoms with Crippen LogP contribution in [0.15, 0.2) is 186 Å². The Morgan fingerprint density at radius 3 is 1.22 bits per heavy atom. The molecule has 2 heterocycles. The van der Waals surface area contributed by atoms with Crippen molar-refractivity contribution in [3.63, 3.8) is 0 Å². The van der Waals surface area contributed by atoms with Gasteiger partial charge in [-0.3, -0.25) is 0 Å². The van der Waals surface area contributed by atoms with Crippen molar-refractivity contribution in [2.45, 2.75) is 0 Å². The van der Waals surface area contributed by atoms with E-state index in [-0.39, 0.29) is 0 Å². The van der Waals surface area contributed by atoms with E-state index in [0.717, 1.165) is 21.9 Å². The summed E-state index contributed by atoms with van der Waals surface area (Å²) in [5, 5.41) is 4.95. The molecule has 0 aliphatic heterocycles. The first-order valence-corrected chi connectivity index (χ1v) is 17.8. The first kappa shape index (κ1) is 28.8. The van der Waals surface area contributed by atoms with Gasteiger partial charge >= 0.3 is 0 Å². The molecule has 234 valence electrons. The SMILES string of the molecule is c1cc(-c2cccc(-c3cccc(-c4ccc5sc6ccccc6c5c4)c3)c2)cc(-c2cccc(-c3ccc4oc5ccccc5c4c3)c2)c1. The van der Waals surface area contributed by atoms with Crippen LogP contribution in [0.3, 0.4) is 0 Å². The van der Waals surface area contributed by atoms with Crippen molar-refractivity contribution in [2.75, 3.05) is 0 Å². The average Bonchev–Trinajstić information content (AvgIpc) is 3.76. The van der Waals surface area contributed by atoms with Crippen molar-refractivity contribution in [2.24, 2.45) is 0 Å². The summed E-state index contributed by atoms with van der Waals surface area (Å²) in [6.07, 6.45) is 0. The number of benzene rings is 8. The molecule has 10 aromatic rings. The predicted octanol–water partition coefficient (Wildman–Crippen LogP) is 14.3. The molecule has 0 aliphatic rings. The number of hydrogen-bond acceptors (Lipinski definition) is 2. The maximum atomic E-state index is 6.08. The highest BCUT2D eigenvalue weighted by atomic mass is 32.1. The van der Waals surface area contributed by atoms with Gasteiger partial charge in [0.05, 0.1) is 0 Å². The van der Waals surface area contributed by atoms with Gasteiger partial charge in [-0.1, -0.05) is 121 Å². The predicted molar refractivity (Wildman–Crippen MR) is 214 cm³/mol. The van der Waals surface area contributed by atoms with E-state index in [4.69, 9.17) is 4.42 Å². The monoisotopic (exact) mass is 654 g/mol. The minimum absolute atomic E-state index is 0.918. The zero-order valence-corrected chi connectivity index (χ0v) is 28.0. The number of fused-ring (bicyclic) bond motifs is 6. The molecule has 0 atom stereocenters. The van der Waals surface area contributed by atoms with Crippen molar-refractivity contribution >= 4 is 53.4 Å².